The van der Waals surface area contributed by atoms with Crippen molar-refractivity contribution < 1.29 is 19.1 Å². The molecule has 8 heteroatoms. The van der Waals surface area contributed by atoms with Crippen LogP contribution in [0.1, 0.15) is 43.4 Å². The van der Waals surface area contributed by atoms with Gasteiger partial charge in [-0.2, -0.15) is 0 Å². The van der Waals surface area contributed by atoms with E-state index >= 15 is 0 Å². The molecule has 0 bridgehead atoms. The molecule has 1 aliphatic heterocycles. The largest absolute Gasteiger partial charge is 0.489 e. The zero-order valence-electron chi connectivity index (χ0n) is 19.6. The molecule has 5 rings (SSSR count). The van der Waals surface area contributed by atoms with Gasteiger partial charge in [-0.15, -0.1) is 0 Å². The van der Waals surface area contributed by atoms with Gasteiger partial charge < -0.3 is 15.4 Å². The van der Waals surface area contributed by atoms with Gasteiger partial charge in [-0.25, -0.2) is 4.79 Å². The molecule has 2 aromatic carbocycles. The maximum Gasteiger partial charge on any atom is 0.322 e. The van der Waals surface area contributed by atoms with Crippen molar-refractivity contribution in [3.63, 3.8) is 0 Å². The van der Waals surface area contributed by atoms with Gasteiger partial charge in [-0.1, -0.05) is 31.0 Å². The number of carbonyl (C=O) groups excluding carboxylic acids is 3. The van der Waals surface area contributed by atoms with Crippen molar-refractivity contribution in [2.75, 3.05) is 5.32 Å². The zero-order valence-corrected chi connectivity index (χ0v) is 19.6. The second-order valence-corrected chi connectivity index (χ2v) is 9.33. The Hall–Kier alpha value is -3.94. The highest BCUT2D eigenvalue weighted by atomic mass is 16.5. The Balaban J connectivity index is 1.20. The van der Waals surface area contributed by atoms with Crippen molar-refractivity contribution in [2.45, 2.75) is 51.2 Å². The molecule has 2 fully saturated rings. The lowest BCUT2D eigenvalue weighted by atomic mass is 9.71. The minimum atomic E-state index is -0.972. The molecule has 0 radical (unpaired) electrons. The summed E-state index contributed by atoms with van der Waals surface area (Å²) in [5.41, 5.74) is 2.63. The third kappa shape index (κ3) is 4.69. The first kappa shape index (κ1) is 22.8. The summed E-state index contributed by atoms with van der Waals surface area (Å²) in [7, 11) is 0. The molecule has 2 aliphatic rings. The molecule has 1 spiro atoms. The Morgan fingerprint density at radius 1 is 1.14 bits per heavy atom. The molecule has 8 nitrogen and oxygen atoms in total. The summed E-state index contributed by atoms with van der Waals surface area (Å²) in [6.45, 7) is 2.38. The first-order valence-corrected chi connectivity index (χ1v) is 11.9. The van der Waals surface area contributed by atoms with E-state index in [0.29, 0.717) is 24.5 Å². The van der Waals surface area contributed by atoms with Gasteiger partial charge in [0.1, 0.15) is 17.9 Å². The Morgan fingerprint density at radius 3 is 2.71 bits per heavy atom. The van der Waals surface area contributed by atoms with E-state index in [9.17, 15) is 14.4 Å². The van der Waals surface area contributed by atoms with Crippen LogP contribution in [0, 0.1) is 12.8 Å². The Bertz CT molecular complexity index is 1290. The monoisotopic (exact) mass is 472 g/mol. The number of ether oxygens (including phenoxy) is 1. The predicted octanol–water partition coefficient (Wildman–Crippen LogP) is 4.22. The van der Waals surface area contributed by atoms with E-state index in [1.807, 2.05) is 49.4 Å². The number of nitrogens with one attached hydrogen (secondary N) is 3. The molecule has 3 aromatic rings. The van der Waals surface area contributed by atoms with E-state index in [4.69, 9.17) is 4.74 Å². The van der Waals surface area contributed by atoms with Gasteiger partial charge in [0, 0.05) is 28.8 Å². The molecular weight excluding hydrogens is 444 g/mol. The van der Waals surface area contributed by atoms with Crippen LogP contribution in [0.25, 0.3) is 10.9 Å². The first-order chi connectivity index (χ1) is 16.9. The number of para-hydroxylation sites is 1. The molecule has 0 unspecified atom stereocenters. The fourth-order valence-electron chi connectivity index (χ4n) is 5.24. The average molecular weight is 473 g/mol. The van der Waals surface area contributed by atoms with Crippen LogP contribution in [0.15, 0.2) is 54.6 Å². The summed E-state index contributed by atoms with van der Waals surface area (Å²) < 4.78 is 6.00. The van der Waals surface area contributed by atoms with Gasteiger partial charge in [0.15, 0.2) is 0 Å². The number of rotatable bonds is 6. The quantitative estimate of drug-likeness (QED) is 0.466. The number of aryl methyl sites for hydroxylation is 1. The van der Waals surface area contributed by atoms with Gasteiger partial charge in [-0.05, 0) is 62.1 Å². The number of pyridine rings is 1. The van der Waals surface area contributed by atoms with Crippen LogP contribution < -0.4 is 20.7 Å². The Kier molecular flexibility index (Phi) is 6.11. The van der Waals surface area contributed by atoms with Crippen LogP contribution in [-0.4, -0.2) is 28.4 Å². The third-order valence-corrected chi connectivity index (χ3v) is 6.93. The molecule has 35 heavy (non-hydrogen) atoms. The normalized spacial score (nSPS) is 21.6. The number of urea groups is 1. The predicted molar refractivity (Wildman–Crippen MR) is 132 cm³/mol. The topological polar surface area (TPSA) is 109 Å². The van der Waals surface area contributed by atoms with Crippen LogP contribution in [0.2, 0.25) is 0 Å². The summed E-state index contributed by atoms with van der Waals surface area (Å²) in [4.78, 5) is 41.5. The Labute approximate surface area is 203 Å². The van der Waals surface area contributed by atoms with E-state index in [1.165, 1.54) is 0 Å². The first-order valence-electron chi connectivity index (χ1n) is 11.9. The van der Waals surface area contributed by atoms with Crippen molar-refractivity contribution >= 4 is 34.4 Å². The highest BCUT2D eigenvalue weighted by Crippen LogP contribution is 2.38. The molecule has 4 amide bonds. The van der Waals surface area contributed by atoms with Crippen molar-refractivity contribution in [3.8, 4) is 5.75 Å². The highest BCUT2D eigenvalue weighted by molar-refractivity contribution is 6.07. The van der Waals surface area contributed by atoms with Crippen LogP contribution in [0.5, 0.6) is 5.75 Å². The van der Waals surface area contributed by atoms with Crippen LogP contribution in [0.4, 0.5) is 10.5 Å². The van der Waals surface area contributed by atoms with E-state index in [1.54, 1.807) is 12.1 Å². The molecule has 1 aliphatic carbocycles. The molecular formula is C27H28N4O4. The van der Waals surface area contributed by atoms with Crippen molar-refractivity contribution in [3.05, 3.63) is 65.9 Å². The summed E-state index contributed by atoms with van der Waals surface area (Å²) in [5.74, 6) is -0.0432. The van der Waals surface area contributed by atoms with Crippen molar-refractivity contribution in [1.29, 1.82) is 0 Å². The number of carbonyl (C=O) groups is 3. The number of hydrogen-bond donors (Lipinski definition) is 3. The molecule has 2 heterocycles. The number of benzene rings is 2. The number of aromatic nitrogens is 1. The molecule has 1 saturated carbocycles. The average Bonchev–Trinajstić information content (AvgIpc) is 3.12. The molecule has 2 atom stereocenters. The van der Waals surface area contributed by atoms with Crippen LogP contribution in [-0.2, 0) is 16.2 Å². The lowest BCUT2D eigenvalue weighted by Gasteiger charge is -2.38. The second-order valence-electron chi connectivity index (χ2n) is 9.33. The molecule has 180 valence electrons. The second kappa shape index (κ2) is 9.37. The number of hydrogen-bond acceptors (Lipinski definition) is 5. The van der Waals surface area contributed by atoms with Crippen molar-refractivity contribution in [1.82, 2.24) is 15.6 Å². The van der Waals surface area contributed by atoms with E-state index in [-0.39, 0.29) is 24.2 Å². The summed E-state index contributed by atoms with van der Waals surface area (Å²) in [6, 6.07) is 16.8. The summed E-state index contributed by atoms with van der Waals surface area (Å²) in [5, 5.41) is 9.09. The van der Waals surface area contributed by atoms with Gasteiger partial charge in [0.05, 0.1) is 5.52 Å². The maximum atomic E-state index is 12.8. The minimum Gasteiger partial charge on any atom is -0.489 e. The molecule has 1 saturated heterocycles. The maximum absolute atomic E-state index is 12.8. The van der Waals surface area contributed by atoms with Gasteiger partial charge >= 0.3 is 6.03 Å². The van der Waals surface area contributed by atoms with Gasteiger partial charge in [-0.3, -0.25) is 19.9 Å². The van der Waals surface area contributed by atoms with Crippen molar-refractivity contribution in [2.24, 2.45) is 5.92 Å². The smallest absolute Gasteiger partial charge is 0.322 e. The minimum absolute atomic E-state index is 0.167. The standard InChI is InChI=1S/C27H28N4O4/c1-17-14-18(22-7-2-3-8-23(22)28-17)16-35-21-11-9-20(10-12-21)29-24(32)15-19-6-4-5-13-27(19)25(33)30-26(34)31-27/h2-3,7-12,14,19H,4-6,13,15-16H2,1H3,(H,29,32)(H2,30,31,33,34)/t19-,27-/m1/s1. The fraction of sp³-hybridized carbons (Fsp3) is 0.333. The van der Waals surface area contributed by atoms with Crippen LogP contribution in [0.3, 0.4) is 0 Å². The molecule has 3 N–H and O–H groups in total. The highest BCUT2D eigenvalue weighted by Gasteiger charge is 2.52. The van der Waals surface area contributed by atoms with E-state index < -0.39 is 11.6 Å². The lowest BCUT2D eigenvalue weighted by Crippen LogP contribution is -2.55. The van der Waals surface area contributed by atoms with Gasteiger partial charge in [0.25, 0.3) is 5.91 Å². The number of imide groups is 1. The Morgan fingerprint density at radius 2 is 1.94 bits per heavy atom. The molecule has 1 aromatic heterocycles. The van der Waals surface area contributed by atoms with Crippen LogP contribution >= 0.6 is 0 Å². The van der Waals surface area contributed by atoms with E-state index in [2.05, 4.69) is 20.9 Å². The summed E-state index contributed by atoms with van der Waals surface area (Å²) >= 11 is 0. The lowest BCUT2D eigenvalue weighted by molar-refractivity contribution is -0.128. The summed E-state index contributed by atoms with van der Waals surface area (Å²) in [6.07, 6.45) is 3.22. The third-order valence-electron chi connectivity index (χ3n) is 6.93. The number of nitrogens with zero attached hydrogens (tertiary/aromatic N) is 1. The number of fused-ring (bicyclic) bond motifs is 1. The zero-order chi connectivity index (χ0) is 24.4. The SMILES string of the molecule is Cc1cc(COc2ccc(NC(=O)C[C@H]3CCCC[C@@]34NC(=O)NC4=O)cc2)c2ccccc2n1. The fourth-order valence-corrected chi connectivity index (χ4v) is 5.24. The van der Waals surface area contributed by atoms with E-state index in [0.717, 1.165) is 41.4 Å². The number of amides is 4. The number of anilines is 1. The van der Waals surface area contributed by atoms with Gasteiger partial charge in [0.2, 0.25) is 5.91 Å².